The molecule has 186 valence electrons. The number of sulfone groups is 2. The summed E-state index contributed by atoms with van der Waals surface area (Å²) in [5.74, 6) is 0. The van der Waals surface area contributed by atoms with Gasteiger partial charge >= 0.3 is 0 Å². The fourth-order valence-corrected chi connectivity index (χ4v) is 8.52. The van der Waals surface area contributed by atoms with E-state index in [1.54, 1.807) is 72.8 Å². The van der Waals surface area contributed by atoms with Gasteiger partial charge in [0.2, 0.25) is 19.7 Å². The van der Waals surface area contributed by atoms with Gasteiger partial charge in [0.15, 0.2) is 0 Å². The molecule has 0 saturated carbocycles. The average Bonchev–Trinajstić information content (AvgIpc) is 2.94. The van der Waals surface area contributed by atoms with Crippen LogP contribution < -0.4 is 9.80 Å². The summed E-state index contributed by atoms with van der Waals surface area (Å²) < 4.78 is 53.3. The molecule has 0 fully saturated rings. The molecule has 6 nitrogen and oxygen atoms in total. The molecule has 0 radical (unpaired) electrons. The fraction of sp³-hybridized carbons (Fsp3) is 0. The topological polar surface area (TPSA) is 74.8 Å². The van der Waals surface area contributed by atoms with Gasteiger partial charge in [0.05, 0.1) is 42.3 Å². The Morgan fingerprint density at radius 3 is 0.842 bits per heavy atom. The second-order valence-corrected chi connectivity index (χ2v) is 12.8. The maximum atomic E-state index is 13.3. The quantitative estimate of drug-likeness (QED) is 0.239. The average molecular weight is 537 g/mol. The summed E-state index contributed by atoms with van der Waals surface area (Å²) in [6.07, 6.45) is 0. The Labute approximate surface area is 220 Å². The molecular formula is C30H20N2O4S2. The molecule has 0 unspecified atom stereocenters. The third-order valence-electron chi connectivity index (χ3n) is 6.95. The maximum absolute atomic E-state index is 13.3. The van der Waals surface area contributed by atoms with E-state index in [-0.39, 0.29) is 19.6 Å². The molecule has 0 amide bonds. The van der Waals surface area contributed by atoms with E-state index < -0.39 is 19.7 Å². The molecular weight excluding hydrogens is 516 g/mol. The number of benzene rings is 5. The van der Waals surface area contributed by atoms with Gasteiger partial charge in [0.25, 0.3) is 0 Å². The third kappa shape index (κ3) is 3.11. The Morgan fingerprint density at radius 2 is 0.579 bits per heavy atom. The highest BCUT2D eigenvalue weighted by Gasteiger charge is 2.36. The summed E-state index contributed by atoms with van der Waals surface area (Å²) in [5.41, 5.74) is 3.90. The highest BCUT2D eigenvalue weighted by molar-refractivity contribution is 7.92. The second kappa shape index (κ2) is 8.05. The van der Waals surface area contributed by atoms with E-state index in [0.29, 0.717) is 22.7 Å². The molecule has 0 aliphatic carbocycles. The highest BCUT2D eigenvalue weighted by atomic mass is 32.2. The van der Waals surface area contributed by atoms with Crippen LogP contribution in [-0.2, 0) is 19.7 Å². The van der Waals surface area contributed by atoms with E-state index in [2.05, 4.69) is 0 Å². The summed E-state index contributed by atoms with van der Waals surface area (Å²) in [7, 11) is -7.30. The Morgan fingerprint density at radius 1 is 0.342 bits per heavy atom. The number of hydrogen-bond acceptors (Lipinski definition) is 6. The van der Waals surface area contributed by atoms with Gasteiger partial charge in [0, 0.05) is 11.4 Å². The van der Waals surface area contributed by atoms with Crippen LogP contribution in [0.4, 0.5) is 34.1 Å². The van der Waals surface area contributed by atoms with Crippen molar-refractivity contribution in [2.24, 2.45) is 0 Å². The lowest BCUT2D eigenvalue weighted by Crippen LogP contribution is -2.23. The van der Waals surface area contributed by atoms with Crippen LogP contribution in [0.5, 0.6) is 0 Å². The smallest absolute Gasteiger partial charge is 0.210 e. The molecule has 5 aromatic rings. The zero-order chi connectivity index (χ0) is 26.1. The molecule has 2 aliphatic heterocycles. The van der Waals surface area contributed by atoms with Gasteiger partial charge in [-0.25, -0.2) is 16.8 Å². The summed E-state index contributed by atoms with van der Waals surface area (Å²) in [6.45, 7) is 0. The van der Waals surface area contributed by atoms with E-state index >= 15 is 0 Å². The highest BCUT2D eigenvalue weighted by Crippen LogP contribution is 2.50. The monoisotopic (exact) mass is 536 g/mol. The van der Waals surface area contributed by atoms with Crippen molar-refractivity contribution in [1.29, 1.82) is 0 Å². The summed E-state index contributed by atoms with van der Waals surface area (Å²) in [6, 6.07) is 35.6. The van der Waals surface area contributed by atoms with Crippen molar-refractivity contribution in [3.63, 3.8) is 0 Å². The first-order chi connectivity index (χ1) is 18.4. The largest absolute Gasteiger partial charge is 0.308 e. The van der Waals surface area contributed by atoms with E-state index in [1.807, 2.05) is 58.3 Å². The zero-order valence-electron chi connectivity index (χ0n) is 19.9. The number of para-hydroxylation sites is 4. The van der Waals surface area contributed by atoms with Gasteiger partial charge in [-0.1, -0.05) is 48.5 Å². The first-order valence-corrected chi connectivity index (χ1v) is 14.9. The molecule has 0 N–H and O–H groups in total. The molecule has 8 heteroatoms. The van der Waals surface area contributed by atoms with Gasteiger partial charge in [0.1, 0.15) is 0 Å². The normalized spacial score (nSPS) is 16.1. The van der Waals surface area contributed by atoms with Crippen molar-refractivity contribution in [2.45, 2.75) is 19.6 Å². The van der Waals surface area contributed by atoms with Crippen LogP contribution in [0.3, 0.4) is 0 Å². The number of nitrogens with zero attached hydrogens (tertiary/aromatic N) is 2. The zero-order valence-corrected chi connectivity index (χ0v) is 21.5. The van der Waals surface area contributed by atoms with Gasteiger partial charge in [-0.05, 0) is 72.8 Å². The molecule has 2 aliphatic rings. The minimum Gasteiger partial charge on any atom is -0.308 e. The van der Waals surface area contributed by atoms with Crippen molar-refractivity contribution >= 4 is 53.8 Å². The first kappa shape index (κ1) is 22.8. The van der Waals surface area contributed by atoms with Crippen molar-refractivity contribution in [3.05, 3.63) is 121 Å². The number of fused-ring (bicyclic) bond motifs is 4. The number of hydrogen-bond donors (Lipinski definition) is 0. The molecule has 0 saturated heterocycles. The van der Waals surface area contributed by atoms with Crippen molar-refractivity contribution in [2.75, 3.05) is 9.80 Å². The van der Waals surface area contributed by atoms with Crippen LogP contribution in [0.25, 0.3) is 0 Å². The number of rotatable bonds is 2. The standard InChI is InChI=1S/C30H20N2O4S2/c33-37(34)27-13-5-1-9-23(27)31(24-10-2-6-14-28(24)37)21-17-19-22(20-18-21)32-25-11-3-7-15-29(25)38(35,36)30-16-8-4-12-26(30)32/h1-20H. The molecule has 0 atom stereocenters. The minimum atomic E-state index is -3.65. The van der Waals surface area contributed by atoms with Crippen LogP contribution >= 0.6 is 0 Å². The van der Waals surface area contributed by atoms with Crippen LogP contribution in [0, 0.1) is 0 Å². The van der Waals surface area contributed by atoms with E-state index in [9.17, 15) is 16.8 Å². The van der Waals surface area contributed by atoms with Gasteiger partial charge < -0.3 is 9.80 Å². The predicted molar refractivity (Wildman–Crippen MR) is 147 cm³/mol. The van der Waals surface area contributed by atoms with E-state index in [0.717, 1.165) is 11.4 Å². The number of anilines is 6. The SMILES string of the molecule is O=S1(=O)c2ccccc2N(c2ccc(N3c4ccccc4S(=O)(=O)c4ccccc43)cc2)c2ccccc21. The molecule has 2 heterocycles. The van der Waals surface area contributed by atoms with Gasteiger partial charge in [-0.2, -0.15) is 0 Å². The lowest BCUT2D eigenvalue weighted by Gasteiger charge is -2.34. The Balaban J connectivity index is 1.39. The van der Waals surface area contributed by atoms with Crippen molar-refractivity contribution < 1.29 is 16.8 Å². The van der Waals surface area contributed by atoms with Crippen LogP contribution in [-0.4, -0.2) is 16.8 Å². The molecule has 7 rings (SSSR count). The molecule has 0 spiro atoms. The first-order valence-electron chi connectivity index (χ1n) is 12.0. The van der Waals surface area contributed by atoms with E-state index in [1.165, 1.54) is 0 Å². The lowest BCUT2D eigenvalue weighted by molar-refractivity contribution is 0.593. The summed E-state index contributed by atoms with van der Waals surface area (Å²) in [4.78, 5) is 4.91. The Bertz CT molecular complexity index is 1720. The predicted octanol–water partition coefficient (Wildman–Crippen LogP) is 6.92. The lowest BCUT2D eigenvalue weighted by atomic mass is 10.1. The third-order valence-corrected chi connectivity index (χ3v) is 10.6. The molecule has 0 bridgehead atoms. The van der Waals surface area contributed by atoms with Crippen LogP contribution in [0.1, 0.15) is 0 Å². The van der Waals surface area contributed by atoms with Crippen LogP contribution in [0.15, 0.2) is 141 Å². The van der Waals surface area contributed by atoms with E-state index in [4.69, 9.17) is 0 Å². The minimum absolute atomic E-state index is 0.256. The summed E-state index contributed by atoms with van der Waals surface area (Å²) in [5, 5.41) is 0. The molecule has 38 heavy (non-hydrogen) atoms. The summed E-state index contributed by atoms with van der Waals surface area (Å²) >= 11 is 0. The molecule has 5 aromatic carbocycles. The maximum Gasteiger partial charge on any atom is 0.210 e. The Kier molecular flexibility index (Phi) is 4.82. The van der Waals surface area contributed by atoms with Gasteiger partial charge in [-0.15, -0.1) is 0 Å². The van der Waals surface area contributed by atoms with Gasteiger partial charge in [-0.3, -0.25) is 0 Å². The fourth-order valence-electron chi connectivity index (χ4n) is 5.28. The molecule has 0 aromatic heterocycles. The van der Waals surface area contributed by atoms with Crippen molar-refractivity contribution in [1.82, 2.24) is 0 Å². The van der Waals surface area contributed by atoms with Crippen LogP contribution in [0.2, 0.25) is 0 Å². The second-order valence-electron chi connectivity index (χ2n) is 9.06. The Hall–Kier alpha value is -4.40. The van der Waals surface area contributed by atoms with Crippen molar-refractivity contribution in [3.8, 4) is 0 Å².